The third kappa shape index (κ3) is 7.44. The molecule has 0 unspecified atom stereocenters. The molecular weight excluding hydrogens is 716 g/mol. The van der Waals surface area contributed by atoms with Gasteiger partial charge in [0.25, 0.3) is 5.56 Å². The van der Waals surface area contributed by atoms with Crippen molar-refractivity contribution >= 4 is 41.0 Å². The molecule has 0 bridgehead atoms. The van der Waals surface area contributed by atoms with Crippen molar-refractivity contribution in [2.24, 2.45) is 4.99 Å². The van der Waals surface area contributed by atoms with Crippen LogP contribution in [0.4, 0.5) is 0 Å². The largest absolute Gasteiger partial charge is 0.493 e. The normalized spacial score (nSPS) is 14.7. The van der Waals surface area contributed by atoms with E-state index in [1.165, 1.54) is 18.8 Å². The van der Waals surface area contributed by atoms with Crippen LogP contribution in [0.15, 0.2) is 69.6 Å². The summed E-state index contributed by atoms with van der Waals surface area (Å²) in [6.07, 6.45) is 1.68. The molecule has 0 saturated carbocycles. The van der Waals surface area contributed by atoms with Crippen molar-refractivity contribution < 1.29 is 47.5 Å². The van der Waals surface area contributed by atoms with E-state index in [-0.39, 0.29) is 49.6 Å². The predicted octanol–water partition coefficient (Wildman–Crippen LogP) is 4.72. The fraction of sp³-hybridized carbons (Fsp3) is 0.297. The molecule has 0 saturated heterocycles. The molecule has 0 aliphatic carbocycles. The molecule has 0 amide bonds. The van der Waals surface area contributed by atoms with Crippen LogP contribution >= 0.6 is 22.9 Å². The zero-order chi connectivity index (χ0) is 36.9. The smallest absolute Gasteiger partial charge is 0.343 e. The van der Waals surface area contributed by atoms with Crippen LogP contribution in [0.2, 0.25) is 5.02 Å². The summed E-state index contributed by atoms with van der Waals surface area (Å²) in [6, 6.07) is 13.0. The van der Waals surface area contributed by atoms with Crippen molar-refractivity contribution in [3.8, 4) is 34.5 Å². The van der Waals surface area contributed by atoms with Gasteiger partial charge in [-0.15, -0.1) is 0 Å². The van der Waals surface area contributed by atoms with Gasteiger partial charge in [0.15, 0.2) is 45.9 Å². The minimum Gasteiger partial charge on any atom is -0.493 e. The average molecular weight is 751 g/mol. The van der Waals surface area contributed by atoms with Crippen LogP contribution in [0, 0.1) is 0 Å². The highest BCUT2D eigenvalue weighted by atomic mass is 35.5. The van der Waals surface area contributed by atoms with Gasteiger partial charge in [0.1, 0.15) is 6.61 Å². The predicted molar refractivity (Wildman–Crippen MR) is 190 cm³/mol. The third-order valence-electron chi connectivity index (χ3n) is 8.04. The Morgan fingerprint density at radius 2 is 1.79 bits per heavy atom. The molecule has 4 aromatic rings. The first-order valence-electron chi connectivity index (χ1n) is 16.2. The molecule has 2 aliphatic rings. The van der Waals surface area contributed by atoms with Crippen LogP contribution in [-0.2, 0) is 25.7 Å². The number of halogens is 1. The number of carbonyl (C=O) groups is 2. The number of fused-ring (bicyclic) bond motifs is 2. The molecule has 2 aliphatic heterocycles. The fourth-order valence-corrected chi connectivity index (χ4v) is 7.01. The maximum atomic E-state index is 14.3. The molecule has 0 fully saturated rings. The Morgan fingerprint density at radius 3 is 2.54 bits per heavy atom. The van der Waals surface area contributed by atoms with Gasteiger partial charge in [0.2, 0.25) is 6.79 Å². The number of allylic oxidation sites excluding steroid dienone is 1. The Bertz CT molecular complexity index is 2240. The third-order valence-corrected chi connectivity index (χ3v) is 9.31. The van der Waals surface area contributed by atoms with Crippen molar-refractivity contribution in [1.82, 2.24) is 4.57 Å². The first-order valence-corrected chi connectivity index (χ1v) is 17.4. The van der Waals surface area contributed by atoms with Crippen LogP contribution in [0.5, 0.6) is 34.5 Å². The number of benzene rings is 3. The Labute approximate surface area is 307 Å². The second-order valence-corrected chi connectivity index (χ2v) is 12.7. The number of hydrogen-bond donors (Lipinski definition) is 0. The Balaban J connectivity index is 1.38. The lowest BCUT2D eigenvalue weighted by atomic mass is 9.95. The Hall–Kier alpha value is -5.47. The van der Waals surface area contributed by atoms with Gasteiger partial charge in [-0.3, -0.25) is 9.36 Å². The van der Waals surface area contributed by atoms with Gasteiger partial charge in [0, 0.05) is 0 Å². The lowest BCUT2D eigenvalue weighted by Gasteiger charge is -2.25. The summed E-state index contributed by atoms with van der Waals surface area (Å²) in [5.74, 6) is 1.43. The highest BCUT2D eigenvalue weighted by Gasteiger charge is 2.34. The van der Waals surface area contributed by atoms with Crippen LogP contribution in [0.1, 0.15) is 43.5 Å². The van der Waals surface area contributed by atoms with Gasteiger partial charge >= 0.3 is 11.9 Å². The summed E-state index contributed by atoms with van der Waals surface area (Å²) in [4.78, 5) is 44.4. The fourth-order valence-electron chi connectivity index (χ4n) is 5.69. The molecule has 15 heteroatoms. The van der Waals surface area contributed by atoms with E-state index in [4.69, 9.17) is 44.8 Å². The summed E-state index contributed by atoms with van der Waals surface area (Å²) >= 11 is 7.87. The molecule has 1 aromatic heterocycles. The van der Waals surface area contributed by atoms with E-state index in [1.807, 2.05) is 18.2 Å². The van der Waals surface area contributed by atoms with Crippen LogP contribution in [0.25, 0.3) is 6.08 Å². The molecule has 0 spiro atoms. The van der Waals surface area contributed by atoms with Crippen LogP contribution < -0.4 is 43.3 Å². The van der Waals surface area contributed by atoms with E-state index in [9.17, 15) is 14.4 Å². The number of hydrogen-bond acceptors (Lipinski definition) is 13. The maximum Gasteiger partial charge on any atom is 0.343 e. The second-order valence-electron chi connectivity index (χ2n) is 11.3. The van der Waals surface area contributed by atoms with E-state index in [2.05, 4.69) is 9.73 Å². The van der Waals surface area contributed by atoms with Gasteiger partial charge < -0.3 is 37.9 Å². The quantitative estimate of drug-likeness (QED) is 0.175. The average Bonchev–Trinajstić information content (AvgIpc) is 3.72. The van der Waals surface area contributed by atoms with E-state index in [0.29, 0.717) is 54.9 Å². The number of carbonyl (C=O) groups excluding carboxylic acids is 2. The molecule has 6 rings (SSSR count). The molecule has 3 heterocycles. The van der Waals surface area contributed by atoms with Crippen molar-refractivity contribution in [2.45, 2.75) is 33.4 Å². The van der Waals surface area contributed by atoms with Crippen molar-refractivity contribution in [3.05, 3.63) is 101 Å². The van der Waals surface area contributed by atoms with Gasteiger partial charge in [0.05, 0.1) is 54.3 Å². The van der Waals surface area contributed by atoms with E-state index < -0.39 is 23.5 Å². The molecule has 52 heavy (non-hydrogen) atoms. The zero-order valence-electron chi connectivity index (χ0n) is 29.0. The minimum atomic E-state index is -0.920. The number of methoxy groups -OCH3 is 2. The van der Waals surface area contributed by atoms with Gasteiger partial charge in [-0.05, 0) is 79.9 Å². The standard InChI is InChI=1S/C37H35ClN2O11S/c1-6-46-28-16-23(9-11-25(28)48-18-31(41)45-5)33-32(36(43)47-7-2)20(3)39-37-40(33)35(42)30(52-37)15-22-12-24(38)34(29(14-22)44-4)49-17-21-8-10-26-27(13-21)51-19-50-26/h8-16,33H,6-7,17-19H2,1-5H3/b30-15-/t33-/m1/s1. The zero-order valence-corrected chi connectivity index (χ0v) is 30.6. The van der Waals surface area contributed by atoms with Crippen molar-refractivity contribution in [2.75, 3.05) is 40.8 Å². The molecule has 0 radical (unpaired) electrons. The second kappa shape index (κ2) is 15.8. The van der Waals surface area contributed by atoms with E-state index in [0.717, 1.165) is 16.9 Å². The summed E-state index contributed by atoms with van der Waals surface area (Å²) in [6.45, 7) is 5.63. The first kappa shape index (κ1) is 36.3. The highest BCUT2D eigenvalue weighted by Crippen LogP contribution is 2.39. The van der Waals surface area contributed by atoms with Crippen molar-refractivity contribution in [3.63, 3.8) is 0 Å². The Kier molecular flexibility index (Phi) is 11.1. The Morgan fingerprint density at radius 1 is 0.981 bits per heavy atom. The molecule has 3 aromatic carbocycles. The maximum absolute atomic E-state index is 14.3. The van der Waals surface area contributed by atoms with Crippen molar-refractivity contribution in [1.29, 1.82) is 0 Å². The first-order chi connectivity index (χ1) is 25.1. The molecule has 272 valence electrons. The number of nitrogens with zero attached hydrogens (tertiary/aromatic N) is 2. The number of esters is 2. The number of aromatic nitrogens is 1. The number of thiazole rings is 1. The SMILES string of the molecule is CCOC(=O)C1=C(C)N=c2s/c(=C\c3cc(Cl)c(OCc4ccc5c(c4)OCO5)c(OC)c3)c(=O)n2[C@@H]1c1ccc(OCC(=O)OC)c(OCC)c1. The lowest BCUT2D eigenvalue weighted by Crippen LogP contribution is -2.40. The summed E-state index contributed by atoms with van der Waals surface area (Å²) < 4.78 is 45.9. The monoisotopic (exact) mass is 750 g/mol. The van der Waals surface area contributed by atoms with Gasteiger partial charge in [-0.1, -0.05) is 35.1 Å². The number of rotatable bonds is 13. The van der Waals surface area contributed by atoms with Gasteiger partial charge in [-0.25, -0.2) is 14.6 Å². The van der Waals surface area contributed by atoms with E-state index >= 15 is 0 Å². The van der Waals surface area contributed by atoms with Crippen LogP contribution in [-0.4, -0.2) is 57.3 Å². The molecule has 13 nitrogen and oxygen atoms in total. The minimum absolute atomic E-state index is 0.121. The lowest BCUT2D eigenvalue weighted by molar-refractivity contribution is -0.143. The van der Waals surface area contributed by atoms with E-state index in [1.54, 1.807) is 57.2 Å². The van der Waals surface area contributed by atoms with Crippen LogP contribution in [0.3, 0.4) is 0 Å². The summed E-state index contributed by atoms with van der Waals surface area (Å²) in [7, 11) is 2.76. The summed E-state index contributed by atoms with van der Waals surface area (Å²) in [5.41, 5.74) is 2.15. The number of ether oxygens (including phenoxy) is 8. The topological polar surface area (TPSA) is 142 Å². The molecule has 1 atom stereocenters. The highest BCUT2D eigenvalue weighted by molar-refractivity contribution is 7.07. The summed E-state index contributed by atoms with van der Waals surface area (Å²) in [5, 5.41) is 0.274. The molecule has 0 N–H and O–H groups in total. The molecular formula is C37H35ClN2O11S. The van der Waals surface area contributed by atoms with Gasteiger partial charge in [-0.2, -0.15) is 0 Å².